The van der Waals surface area contributed by atoms with E-state index in [1.54, 1.807) is 0 Å². The molecule has 0 amide bonds. The first kappa shape index (κ1) is 12.4. The van der Waals surface area contributed by atoms with Gasteiger partial charge >= 0.3 is 11.9 Å². The van der Waals surface area contributed by atoms with E-state index in [9.17, 15) is 9.59 Å². The standard InChI is InChI=1S/C13H20O4/c1-7(2)11(14)16-10-8(3)5-9-6-13(10,4)17-12(9)15/h7-10H,5-6H2,1-4H3. The first-order valence-electron chi connectivity index (χ1n) is 6.27. The van der Waals surface area contributed by atoms with E-state index >= 15 is 0 Å². The van der Waals surface area contributed by atoms with Crippen LogP contribution in [0.4, 0.5) is 0 Å². The lowest BCUT2D eigenvalue weighted by Gasteiger charge is -2.39. The Kier molecular flexibility index (Phi) is 2.92. The highest BCUT2D eigenvalue weighted by atomic mass is 16.6. The molecule has 17 heavy (non-hydrogen) atoms. The zero-order valence-corrected chi connectivity index (χ0v) is 10.9. The van der Waals surface area contributed by atoms with Gasteiger partial charge in [-0.2, -0.15) is 0 Å². The zero-order chi connectivity index (χ0) is 12.8. The van der Waals surface area contributed by atoms with E-state index in [0.717, 1.165) is 6.42 Å². The molecule has 1 saturated heterocycles. The molecule has 1 aliphatic heterocycles. The number of hydrogen-bond acceptors (Lipinski definition) is 4. The maximum atomic E-state index is 11.7. The SMILES string of the molecule is CC(C)C(=O)OC1C(C)CC2CC1(C)OC2=O. The third-order valence-corrected chi connectivity index (χ3v) is 3.81. The van der Waals surface area contributed by atoms with Crippen LogP contribution in [0.2, 0.25) is 0 Å². The summed E-state index contributed by atoms with van der Waals surface area (Å²) < 4.78 is 11.0. The Morgan fingerprint density at radius 3 is 2.76 bits per heavy atom. The Hall–Kier alpha value is -1.06. The van der Waals surface area contributed by atoms with Gasteiger partial charge in [0.25, 0.3) is 0 Å². The molecular weight excluding hydrogens is 220 g/mol. The predicted molar refractivity (Wildman–Crippen MR) is 61.1 cm³/mol. The van der Waals surface area contributed by atoms with Gasteiger partial charge in [-0.1, -0.05) is 20.8 Å². The Morgan fingerprint density at radius 1 is 1.53 bits per heavy atom. The third-order valence-electron chi connectivity index (χ3n) is 3.81. The van der Waals surface area contributed by atoms with Crippen LogP contribution in [0.25, 0.3) is 0 Å². The normalized spacial score (nSPS) is 40.3. The van der Waals surface area contributed by atoms with Crippen molar-refractivity contribution in [1.29, 1.82) is 0 Å². The van der Waals surface area contributed by atoms with Crippen LogP contribution in [0, 0.1) is 17.8 Å². The quantitative estimate of drug-likeness (QED) is 0.692. The van der Waals surface area contributed by atoms with Crippen molar-refractivity contribution in [2.45, 2.75) is 52.2 Å². The summed E-state index contributed by atoms with van der Waals surface area (Å²) in [7, 11) is 0. The van der Waals surface area contributed by atoms with Gasteiger partial charge in [0.1, 0.15) is 11.7 Å². The summed E-state index contributed by atoms with van der Waals surface area (Å²) in [6.07, 6.45) is 1.12. The first-order valence-corrected chi connectivity index (χ1v) is 6.27. The van der Waals surface area contributed by atoms with Crippen LogP contribution in [0.5, 0.6) is 0 Å². The number of fused-ring (bicyclic) bond motifs is 2. The van der Waals surface area contributed by atoms with Crippen LogP contribution >= 0.6 is 0 Å². The Balaban J connectivity index is 2.16. The minimum Gasteiger partial charge on any atom is -0.458 e. The molecule has 0 radical (unpaired) electrons. The summed E-state index contributed by atoms with van der Waals surface area (Å²) in [6, 6.07) is 0. The number of ether oxygens (including phenoxy) is 2. The van der Waals surface area contributed by atoms with Crippen LogP contribution in [0.1, 0.15) is 40.5 Å². The lowest BCUT2D eigenvalue weighted by atomic mass is 9.74. The summed E-state index contributed by atoms with van der Waals surface area (Å²) in [6.45, 7) is 7.51. The van der Waals surface area contributed by atoms with Crippen LogP contribution < -0.4 is 0 Å². The molecule has 1 saturated carbocycles. The third kappa shape index (κ3) is 2.05. The van der Waals surface area contributed by atoms with Crippen molar-refractivity contribution in [3.05, 3.63) is 0 Å². The summed E-state index contributed by atoms with van der Waals surface area (Å²) in [5.41, 5.74) is -0.621. The van der Waals surface area contributed by atoms with E-state index in [4.69, 9.17) is 9.47 Å². The van der Waals surface area contributed by atoms with Crippen molar-refractivity contribution in [1.82, 2.24) is 0 Å². The largest absolute Gasteiger partial charge is 0.458 e. The van der Waals surface area contributed by atoms with Crippen LogP contribution in [0.3, 0.4) is 0 Å². The van der Waals surface area contributed by atoms with Gasteiger partial charge < -0.3 is 9.47 Å². The predicted octanol–water partition coefficient (Wildman–Crippen LogP) is 1.92. The molecule has 0 N–H and O–H groups in total. The van der Waals surface area contributed by atoms with Crippen molar-refractivity contribution >= 4 is 11.9 Å². The number of rotatable bonds is 2. The van der Waals surface area contributed by atoms with E-state index in [1.165, 1.54) is 0 Å². The van der Waals surface area contributed by atoms with E-state index in [-0.39, 0.29) is 35.8 Å². The number of esters is 2. The van der Waals surface area contributed by atoms with Crippen molar-refractivity contribution in [2.24, 2.45) is 17.8 Å². The smallest absolute Gasteiger partial charge is 0.309 e. The second-order valence-corrected chi connectivity index (χ2v) is 5.86. The molecule has 4 nitrogen and oxygen atoms in total. The molecule has 0 aromatic heterocycles. The van der Waals surface area contributed by atoms with Gasteiger partial charge in [-0.05, 0) is 19.3 Å². The van der Waals surface area contributed by atoms with Gasteiger partial charge in [0.2, 0.25) is 0 Å². The van der Waals surface area contributed by atoms with Gasteiger partial charge in [-0.15, -0.1) is 0 Å². The van der Waals surface area contributed by atoms with E-state index < -0.39 is 5.60 Å². The molecule has 2 bridgehead atoms. The van der Waals surface area contributed by atoms with Gasteiger partial charge in [0.05, 0.1) is 11.8 Å². The molecule has 0 aromatic rings. The number of carbonyl (C=O) groups excluding carboxylic acids is 2. The van der Waals surface area contributed by atoms with E-state index in [1.807, 2.05) is 27.7 Å². The van der Waals surface area contributed by atoms with Crippen LogP contribution in [0.15, 0.2) is 0 Å². The lowest BCUT2D eigenvalue weighted by molar-refractivity contribution is -0.180. The van der Waals surface area contributed by atoms with Crippen molar-refractivity contribution < 1.29 is 19.1 Å². The van der Waals surface area contributed by atoms with E-state index in [0.29, 0.717) is 6.42 Å². The number of carbonyl (C=O) groups is 2. The van der Waals surface area contributed by atoms with Crippen LogP contribution in [-0.2, 0) is 19.1 Å². The Morgan fingerprint density at radius 2 is 2.18 bits per heavy atom. The maximum absolute atomic E-state index is 11.7. The molecule has 0 aromatic carbocycles. The molecule has 2 fully saturated rings. The highest BCUT2D eigenvalue weighted by Crippen LogP contribution is 2.46. The minimum atomic E-state index is -0.621. The lowest BCUT2D eigenvalue weighted by Crippen LogP contribution is -2.48. The molecule has 1 aliphatic carbocycles. The molecule has 2 aliphatic rings. The second kappa shape index (κ2) is 4.00. The summed E-state index contributed by atoms with van der Waals surface area (Å²) in [4.78, 5) is 23.3. The first-order chi connectivity index (χ1) is 7.83. The molecule has 4 unspecified atom stereocenters. The monoisotopic (exact) mass is 240 g/mol. The topological polar surface area (TPSA) is 52.6 Å². The van der Waals surface area contributed by atoms with Crippen molar-refractivity contribution in [3.63, 3.8) is 0 Å². The second-order valence-electron chi connectivity index (χ2n) is 5.86. The maximum Gasteiger partial charge on any atom is 0.309 e. The average Bonchev–Trinajstić information content (AvgIpc) is 2.45. The van der Waals surface area contributed by atoms with Crippen molar-refractivity contribution in [2.75, 3.05) is 0 Å². The minimum absolute atomic E-state index is 0.0102. The summed E-state index contributed by atoms with van der Waals surface area (Å²) in [5, 5.41) is 0. The molecule has 96 valence electrons. The molecule has 2 rings (SSSR count). The molecule has 4 atom stereocenters. The van der Waals surface area contributed by atoms with E-state index in [2.05, 4.69) is 0 Å². The van der Waals surface area contributed by atoms with Gasteiger partial charge in [0.15, 0.2) is 0 Å². The van der Waals surface area contributed by atoms with Gasteiger partial charge in [0, 0.05) is 6.42 Å². The fourth-order valence-electron chi connectivity index (χ4n) is 2.96. The fourth-order valence-corrected chi connectivity index (χ4v) is 2.96. The zero-order valence-electron chi connectivity index (χ0n) is 10.9. The highest BCUT2D eigenvalue weighted by molar-refractivity contribution is 5.76. The van der Waals surface area contributed by atoms with Crippen LogP contribution in [-0.4, -0.2) is 23.6 Å². The summed E-state index contributed by atoms with van der Waals surface area (Å²) in [5.74, 6) is -0.343. The average molecular weight is 240 g/mol. The highest BCUT2D eigenvalue weighted by Gasteiger charge is 2.56. The van der Waals surface area contributed by atoms with Gasteiger partial charge in [-0.25, -0.2) is 0 Å². The van der Waals surface area contributed by atoms with Crippen molar-refractivity contribution in [3.8, 4) is 0 Å². The summed E-state index contributed by atoms with van der Waals surface area (Å²) >= 11 is 0. The fraction of sp³-hybridized carbons (Fsp3) is 0.846. The molecule has 0 spiro atoms. The molecule has 1 heterocycles. The van der Waals surface area contributed by atoms with Gasteiger partial charge in [-0.3, -0.25) is 9.59 Å². The Bertz CT molecular complexity index is 349. The Labute approximate surface area is 102 Å². The number of hydrogen-bond donors (Lipinski definition) is 0. The molecular formula is C13H20O4. The molecule has 4 heteroatoms.